The third kappa shape index (κ3) is 3.07. The molecule has 0 amide bonds. The summed E-state index contributed by atoms with van der Waals surface area (Å²) in [6.07, 6.45) is 4.33. The summed E-state index contributed by atoms with van der Waals surface area (Å²) in [6, 6.07) is 5.82. The molecule has 1 aromatic carbocycles. The fourth-order valence-corrected chi connectivity index (χ4v) is 3.30. The molecule has 1 aromatic rings. The number of aliphatic hydroxyl groups excluding tert-OH is 1. The highest BCUT2D eigenvalue weighted by Gasteiger charge is 2.24. The number of hydrogen-bond donors (Lipinski definition) is 3. The first-order chi connectivity index (χ1) is 9.69. The van der Waals surface area contributed by atoms with Crippen LogP contribution < -0.4 is 10.6 Å². The Balaban J connectivity index is 2.47. The number of aliphatic hydroxyl groups is 1. The Kier molecular flexibility index (Phi) is 5.25. The van der Waals surface area contributed by atoms with Gasteiger partial charge in [0.15, 0.2) is 5.84 Å². The van der Waals surface area contributed by atoms with Crippen molar-refractivity contribution in [2.24, 2.45) is 10.9 Å². The van der Waals surface area contributed by atoms with Crippen LogP contribution in [0.3, 0.4) is 0 Å². The highest BCUT2D eigenvalue weighted by Crippen LogP contribution is 2.31. The Hall–Kier alpha value is -1.27. The molecule has 1 aliphatic heterocycles. The van der Waals surface area contributed by atoms with E-state index in [9.17, 15) is 5.11 Å². The molecule has 0 radical (unpaired) electrons. The second kappa shape index (κ2) is 6.95. The number of nitrogens with two attached hydrogens (primary N) is 1. The molecule has 20 heavy (non-hydrogen) atoms. The zero-order valence-electron chi connectivity index (χ0n) is 11.3. The molecule has 1 heterocycles. The van der Waals surface area contributed by atoms with Crippen molar-refractivity contribution < 1.29 is 10.3 Å². The van der Waals surface area contributed by atoms with Crippen LogP contribution in [-0.2, 0) is 0 Å². The van der Waals surface area contributed by atoms with E-state index < -0.39 is 0 Å². The van der Waals surface area contributed by atoms with Crippen LogP contribution in [0, 0.1) is 0 Å². The van der Waals surface area contributed by atoms with Crippen molar-refractivity contribution in [1.82, 2.24) is 0 Å². The standard InChI is InChI=1S/C14H20BrN3O2/c15-11-6-4-7-12(13(11)14(16)17-20)18-8-3-1-2-5-10(18)9-19/h4,6-7,10,19-20H,1-3,5,8-9H2,(H2,16,17). The van der Waals surface area contributed by atoms with Gasteiger partial charge in [-0.1, -0.05) is 24.1 Å². The molecule has 4 N–H and O–H groups in total. The van der Waals surface area contributed by atoms with Crippen molar-refractivity contribution >= 4 is 27.5 Å². The average molecular weight is 342 g/mol. The number of benzene rings is 1. The van der Waals surface area contributed by atoms with E-state index in [-0.39, 0.29) is 18.5 Å². The molecule has 1 saturated heterocycles. The first-order valence-corrected chi connectivity index (χ1v) is 7.62. The van der Waals surface area contributed by atoms with Crippen molar-refractivity contribution in [2.45, 2.75) is 31.7 Å². The molecule has 1 fully saturated rings. The molecule has 0 aromatic heterocycles. The van der Waals surface area contributed by atoms with Crippen LogP contribution >= 0.6 is 15.9 Å². The smallest absolute Gasteiger partial charge is 0.173 e. The molecule has 5 nitrogen and oxygen atoms in total. The van der Waals surface area contributed by atoms with Crippen LogP contribution in [0.5, 0.6) is 0 Å². The number of oxime groups is 1. The SMILES string of the molecule is N/C(=N/O)c1c(Br)cccc1N1CCCCCC1CO. The van der Waals surface area contributed by atoms with Crippen LogP contribution in [0.1, 0.15) is 31.2 Å². The molecule has 2 rings (SSSR count). The van der Waals surface area contributed by atoms with Gasteiger partial charge < -0.3 is 20.9 Å². The van der Waals surface area contributed by atoms with E-state index in [0.717, 1.165) is 36.0 Å². The fraction of sp³-hybridized carbons (Fsp3) is 0.500. The second-order valence-corrected chi connectivity index (χ2v) is 5.85. The molecule has 1 atom stereocenters. The normalized spacial score (nSPS) is 20.8. The lowest BCUT2D eigenvalue weighted by Crippen LogP contribution is -2.39. The van der Waals surface area contributed by atoms with Crippen molar-refractivity contribution in [2.75, 3.05) is 18.1 Å². The number of hydrogen-bond acceptors (Lipinski definition) is 4. The Morgan fingerprint density at radius 2 is 2.20 bits per heavy atom. The first kappa shape index (κ1) is 15.1. The maximum Gasteiger partial charge on any atom is 0.173 e. The van der Waals surface area contributed by atoms with Crippen LogP contribution in [0.15, 0.2) is 27.8 Å². The lowest BCUT2D eigenvalue weighted by Gasteiger charge is -2.32. The number of amidine groups is 1. The highest BCUT2D eigenvalue weighted by atomic mass is 79.9. The zero-order valence-corrected chi connectivity index (χ0v) is 12.9. The zero-order chi connectivity index (χ0) is 14.5. The lowest BCUT2D eigenvalue weighted by atomic mass is 10.1. The summed E-state index contributed by atoms with van der Waals surface area (Å²) in [6.45, 7) is 0.982. The Morgan fingerprint density at radius 3 is 2.90 bits per heavy atom. The van der Waals surface area contributed by atoms with E-state index in [1.165, 1.54) is 6.42 Å². The van der Waals surface area contributed by atoms with Gasteiger partial charge in [-0.3, -0.25) is 0 Å². The molecule has 0 spiro atoms. The minimum absolute atomic E-state index is 0.0772. The Morgan fingerprint density at radius 1 is 1.40 bits per heavy atom. The van der Waals surface area contributed by atoms with Crippen molar-refractivity contribution in [3.63, 3.8) is 0 Å². The number of halogens is 1. The van der Waals surface area contributed by atoms with E-state index in [1.54, 1.807) is 0 Å². The number of rotatable bonds is 3. The fourth-order valence-electron chi connectivity index (χ4n) is 2.74. The minimum atomic E-state index is 0.0772. The van der Waals surface area contributed by atoms with Crippen LogP contribution in [0.4, 0.5) is 5.69 Å². The Labute approximate surface area is 127 Å². The van der Waals surface area contributed by atoms with Crippen LogP contribution in [-0.4, -0.2) is 35.3 Å². The lowest BCUT2D eigenvalue weighted by molar-refractivity contribution is 0.255. The van der Waals surface area contributed by atoms with E-state index >= 15 is 0 Å². The summed E-state index contributed by atoms with van der Waals surface area (Å²) < 4.78 is 0.784. The van der Waals surface area contributed by atoms with E-state index in [0.29, 0.717) is 5.56 Å². The predicted octanol–water partition coefficient (Wildman–Crippen LogP) is 2.28. The molecule has 0 saturated carbocycles. The van der Waals surface area contributed by atoms with E-state index in [1.807, 2.05) is 18.2 Å². The van der Waals surface area contributed by atoms with Gasteiger partial charge in [0, 0.05) is 16.7 Å². The summed E-state index contributed by atoms with van der Waals surface area (Å²) >= 11 is 3.46. The molecule has 110 valence electrons. The van der Waals surface area contributed by atoms with Gasteiger partial charge in [-0.25, -0.2) is 0 Å². The van der Waals surface area contributed by atoms with Gasteiger partial charge in [0.1, 0.15) is 0 Å². The van der Waals surface area contributed by atoms with Gasteiger partial charge in [-0.2, -0.15) is 0 Å². The van der Waals surface area contributed by atoms with Crippen molar-refractivity contribution in [1.29, 1.82) is 0 Å². The maximum absolute atomic E-state index is 9.64. The quantitative estimate of drug-likeness (QED) is 0.341. The highest BCUT2D eigenvalue weighted by molar-refractivity contribution is 9.10. The minimum Gasteiger partial charge on any atom is -0.409 e. The van der Waals surface area contributed by atoms with Gasteiger partial charge in [0.2, 0.25) is 0 Å². The average Bonchev–Trinajstić information content (AvgIpc) is 2.71. The molecule has 0 aliphatic carbocycles. The van der Waals surface area contributed by atoms with E-state index in [2.05, 4.69) is 26.0 Å². The molecule has 0 bridgehead atoms. The summed E-state index contributed by atoms with van der Waals surface area (Å²) in [7, 11) is 0. The van der Waals surface area contributed by atoms with Crippen molar-refractivity contribution in [3.8, 4) is 0 Å². The number of nitrogens with zero attached hydrogens (tertiary/aromatic N) is 2. The van der Waals surface area contributed by atoms with Gasteiger partial charge in [-0.05, 0) is 40.9 Å². The van der Waals surface area contributed by atoms with Crippen LogP contribution in [0.25, 0.3) is 0 Å². The van der Waals surface area contributed by atoms with Gasteiger partial charge in [0.25, 0.3) is 0 Å². The molecular weight excluding hydrogens is 322 g/mol. The summed E-state index contributed by atoms with van der Waals surface area (Å²) in [4.78, 5) is 2.17. The third-order valence-corrected chi connectivity index (χ3v) is 4.41. The summed E-state index contributed by atoms with van der Waals surface area (Å²) in [5.41, 5.74) is 7.38. The molecule has 6 heteroatoms. The monoisotopic (exact) mass is 341 g/mol. The summed E-state index contributed by atoms with van der Waals surface area (Å²) in [5.74, 6) is 0.0772. The van der Waals surface area contributed by atoms with Crippen molar-refractivity contribution in [3.05, 3.63) is 28.2 Å². The predicted molar refractivity (Wildman–Crippen MR) is 83.3 cm³/mol. The molecule has 1 aliphatic rings. The number of anilines is 1. The van der Waals surface area contributed by atoms with E-state index in [4.69, 9.17) is 10.9 Å². The molecular formula is C14H20BrN3O2. The van der Waals surface area contributed by atoms with Gasteiger partial charge >= 0.3 is 0 Å². The second-order valence-electron chi connectivity index (χ2n) is 5.00. The topological polar surface area (TPSA) is 82.1 Å². The summed E-state index contributed by atoms with van der Waals surface area (Å²) in [5, 5.41) is 21.8. The van der Waals surface area contributed by atoms with Gasteiger partial charge in [0.05, 0.1) is 18.2 Å². The maximum atomic E-state index is 9.64. The van der Waals surface area contributed by atoms with Crippen LogP contribution in [0.2, 0.25) is 0 Å². The first-order valence-electron chi connectivity index (χ1n) is 6.83. The third-order valence-electron chi connectivity index (χ3n) is 3.75. The van der Waals surface area contributed by atoms with Gasteiger partial charge in [-0.15, -0.1) is 0 Å². The largest absolute Gasteiger partial charge is 0.409 e. The molecule has 1 unspecified atom stereocenters. The Bertz CT molecular complexity index is 493.